The number of nitrogens with zero attached hydrogens (tertiary/aromatic N) is 3. The smallest absolute Gasteiger partial charge is 0.255 e. The average Bonchev–Trinajstić information content (AvgIpc) is 3.24. The lowest BCUT2D eigenvalue weighted by Gasteiger charge is -2.30. The zero-order valence-electron chi connectivity index (χ0n) is 14.3. The molecule has 4 rings (SSSR count). The molecule has 6 nitrogen and oxygen atoms in total. The molecule has 1 N–H and O–H groups in total. The first kappa shape index (κ1) is 16.4. The summed E-state index contributed by atoms with van der Waals surface area (Å²) in [5, 5.41) is 7.23. The molecule has 0 spiro atoms. The SMILES string of the molecule is O=C(Nc1ccccc1N1CCOCC1)c1ccc(-n2cccn2)cc1. The van der Waals surface area contributed by atoms with Gasteiger partial charge in [0.05, 0.1) is 30.3 Å². The third kappa shape index (κ3) is 3.45. The van der Waals surface area contributed by atoms with Crippen LogP contribution in [-0.4, -0.2) is 42.0 Å². The zero-order chi connectivity index (χ0) is 17.8. The number of hydrogen-bond donors (Lipinski definition) is 1. The van der Waals surface area contributed by atoms with E-state index in [1.54, 1.807) is 10.9 Å². The first-order valence-corrected chi connectivity index (χ1v) is 8.64. The van der Waals surface area contributed by atoms with E-state index in [2.05, 4.69) is 15.3 Å². The fraction of sp³-hybridized carbons (Fsp3) is 0.200. The van der Waals surface area contributed by atoms with Crippen LogP contribution in [0.25, 0.3) is 5.69 Å². The van der Waals surface area contributed by atoms with E-state index < -0.39 is 0 Å². The van der Waals surface area contributed by atoms with Gasteiger partial charge in [0.1, 0.15) is 0 Å². The van der Waals surface area contributed by atoms with E-state index in [4.69, 9.17) is 4.74 Å². The Morgan fingerprint density at radius 2 is 1.77 bits per heavy atom. The summed E-state index contributed by atoms with van der Waals surface area (Å²) in [5.74, 6) is -0.127. The Morgan fingerprint density at radius 3 is 2.50 bits per heavy atom. The van der Waals surface area contributed by atoms with E-state index in [1.807, 2.05) is 60.8 Å². The summed E-state index contributed by atoms with van der Waals surface area (Å²) in [7, 11) is 0. The molecular formula is C20H20N4O2. The number of hydrogen-bond acceptors (Lipinski definition) is 4. The Labute approximate surface area is 152 Å². The minimum atomic E-state index is -0.127. The highest BCUT2D eigenvalue weighted by Crippen LogP contribution is 2.27. The van der Waals surface area contributed by atoms with Crippen molar-refractivity contribution in [2.75, 3.05) is 36.5 Å². The van der Waals surface area contributed by atoms with Crippen molar-refractivity contribution in [3.63, 3.8) is 0 Å². The second kappa shape index (κ2) is 7.41. The summed E-state index contributed by atoms with van der Waals surface area (Å²) >= 11 is 0. The molecule has 0 unspecified atom stereocenters. The van der Waals surface area contributed by atoms with Crippen molar-refractivity contribution in [1.82, 2.24) is 9.78 Å². The van der Waals surface area contributed by atoms with Crippen LogP contribution in [0.5, 0.6) is 0 Å². The summed E-state index contributed by atoms with van der Waals surface area (Å²) in [6, 6.07) is 17.1. The predicted octanol–water partition coefficient (Wildman–Crippen LogP) is 2.96. The van der Waals surface area contributed by atoms with Crippen LogP contribution in [0, 0.1) is 0 Å². The molecule has 0 radical (unpaired) electrons. The largest absolute Gasteiger partial charge is 0.378 e. The van der Waals surface area contributed by atoms with Gasteiger partial charge in [0.25, 0.3) is 5.91 Å². The van der Waals surface area contributed by atoms with Crippen molar-refractivity contribution >= 4 is 17.3 Å². The van der Waals surface area contributed by atoms with Crippen molar-refractivity contribution in [3.05, 3.63) is 72.6 Å². The van der Waals surface area contributed by atoms with E-state index in [-0.39, 0.29) is 5.91 Å². The van der Waals surface area contributed by atoms with Gasteiger partial charge in [-0.15, -0.1) is 0 Å². The Kier molecular flexibility index (Phi) is 4.66. The lowest BCUT2D eigenvalue weighted by atomic mass is 10.1. The second-order valence-corrected chi connectivity index (χ2v) is 6.07. The molecule has 1 aliphatic heterocycles. The lowest BCUT2D eigenvalue weighted by Crippen LogP contribution is -2.36. The number of nitrogens with one attached hydrogen (secondary N) is 1. The van der Waals surface area contributed by atoms with Gasteiger partial charge in [-0.2, -0.15) is 5.10 Å². The third-order valence-corrected chi connectivity index (χ3v) is 4.40. The molecule has 1 amide bonds. The molecular weight excluding hydrogens is 328 g/mol. The maximum Gasteiger partial charge on any atom is 0.255 e. The number of para-hydroxylation sites is 2. The number of carbonyl (C=O) groups excluding carboxylic acids is 1. The minimum Gasteiger partial charge on any atom is -0.378 e. The van der Waals surface area contributed by atoms with Gasteiger partial charge in [-0.05, 0) is 42.5 Å². The quantitative estimate of drug-likeness (QED) is 0.787. The number of aromatic nitrogens is 2. The summed E-state index contributed by atoms with van der Waals surface area (Å²) in [6.45, 7) is 3.06. The van der Waals surface area contributed by atoms with Gasteiger partial charge < -0.3 is 15.0 Å². The van der Waals surface area contributed by atoms with E-state index in [0.29, 0.717) is 18.8 Å². The Hall–Kier alpha value is -3.12. The van der Waals surface area contributed by atoms with Gasteiger partial charge in [-0.3, -0.25) is 4.79 Å². The summed E-state index contributed by atoms with van der Waals surface area (Å²) in [5.41, 5.74) is 3.37. The van der Waals surface area contributed by atoms with Crippen LogP contribution in [0.2, 0.25) is 0 Å². The van der Waals surface area contributed by atoms with E-state index >= 15 is 0 Å². The molecule has 0 aliphatic carbocycles. The van der Waals surface area contributed by atoms with Crippen LogP contribution in [0.4, 0.5) is 11.4 Å². The van der Waals surface area contributed by atoms with Gasteiger partial charge in [0.15, 0.2) is 0 Å². The average molecular weight is 348 g/mol. The van der Waals surface area contributed by atoms with Crippen LogP contribution in [0.3, 0.4) is 0 Å². The fourth-order valence-electron chi connectivity index (χ4n) is 3.04. The molecule has 26 heavy (non-hydrogen) atoms. The predicted molar refractivity (Wildman–Crippen MR) is 101 cm³/mol. The minimum absolute atomic E-state index is 0.127. The van der Waals surface area contributed by atoms with Crippen molar-refractivity contribution in [2.24, 2.45) is 0 Å². The Bertz CT molecular complexity index is 869. The van der Waals surface area contributed by atoms with Crippen molar-refractivity contribution in [3.8, 4) is 5.69 Å². The topological polar surface area (TPSA) is 59.4 Å². The number of carbonyl (C=O) groups is 1. The maximum absolute atomic E-state index is 12.7. The van der Waals surface area contributed by atoms with Crippen molar-refractivity contribution in [1.29, 1.82) is 0 Å². The molecule has 132 valence electrons. The first-order chi connectivity index (χ1) is 12.8. The first-order valence-electron chi connectivity index (χ1n) is 8.64. The van der Waals surface area contributed by atoms with Gasteiger partial charge in [0, 0.05) is 31.0 Å². The highest BCUT2D eigenvalue weighted by molar-refractivity contribution is 6.06. The van der Waals surface area contributed by atoms with Crippen LogP contribution in [0.15, 0.2) is 67.0 Å². The van der Waals surface area contributed by atoms with Crippen LogP contribution >= 0.6 is 0 Å². The van der Waals surface area contributed by atoms with E-state index in [0.717, 1.165) is 30.2 Å². The molecule has 2 aromatic carbocycles. The normalized spacial score (nSPS) is 14.2. The number of amides is 1. The molecule has 1 fully saturated rings. The molecule has 0 atom stereocenters. The van der Waals surface area contributed by atoms with Crippen molar-refractivity contribution in [2.45, 2.75) is 0 Å². The monoisotopic (exact) mass is 348 g/mol. The second-order valence-electron chi connectivity index (χ2n) is 6.07. The lowest BCUT2D eigenvalue weighted by molar-refractivity contribution is 0.102. The Balaban J connectivity index is 1.51. The molecule has 3 aromatic rings. The highest BCUT2D eigenvalue weighted by atomic mass is 16.5. The van der Waals surface area contributed by atoms with Crippen LogP contribution < -0.4 is 10.2 Å². The molecule has 1 aromatic heterocycles. The number of rotatable bonds is 4. The van der Waals surface area contributed by atoms with Gasteiger partial charge in [-0.1, -0.05) is 12.1 Å². The Morgan fingerprint density at radius 1 is 1.00 bits per heavy atom. The van der Waals surface area contributed by atoms with Crippen molar-refractivity contribution < 1.29 is 9.53 Å². The van der Waals surface area contributed by atoms with E-state index in [1.165, 1.54) is 0 Å². The molecule has 0 saturated carbocycles. The number of ether oxygens (including phenoxy) is 1. The molecule has 6 heteroatoms. The zero-order valence-corrected chi connectivity index (χ0v) is 14.3. The maximum atomic E-state index is 12.7. The molecule has 1 aliphatic rings. The highest BCUT2D eigenvalue weighted by Gasteiger charge is 2.16. The van der Waals surface area contributed by atoms with Gasteiger partial charge in [0.2, 0.25) is 0 Å². The molecule has 1 saturated heterocycles. The van der Waals surface area contributed by atoms with Crippen LogP contribution in [0.1, 0.15) is 10.4 Å². The van der Waals surface area contributed by atoms with Gasteiger partial charge in [-0.25, -0.2) is 4.68 Å². The summed E-state index contributed by atoms with van der Waals surface area (Å²) in [6.07, 6.45) is 3.59. The fourth-order valence-corrected chi connectivity index (χ4v) is 3.04. The third-order valence-electron chi connectivity index (χ3n) is 4.40. The summed E-state index contributed by atoms with van der Waals surface area (Å²) < 4.78 is 7.18. The van der Waals surface area contributed by atoms with Gasteiger partial charge >= 0.3 is 0 Å². The van der Waals surface area contributed by atoms with Crippen LogP contribution in [-0.2, 0) is 4.74 Å². The number of benzene rings is 2. The number of morpholine rings is 1. The molecule has 0 bridgehead atoms. The molecule has 2 heterocycles. The summed E-state index contributed by atoms with van der Waals surface area (Å²) in [4.78, 5) is 14.9. The van der Waals surface area contributed by atoms with E-state index in [9.17, 15) is 4.79 Å². The number of anilines is 2. The standard InChI is InChI=1S/C20H20N4O2/c25-20(16-6-8-17(9-7-16)24-11-3-10-21-24)22-18-4-1-2-5-19(18)23-12-14-26-15-13-23/h1-11H,12-15H2,(H,22,25).